The van der Waals surface area contributed by atoms with E-state index < -0.39 is 0 Å². The summed E-state index contributed by atoms with van der Waals surface area (Å²) in [6, 6.07) is 8.58. The predicted molar refractivity (Wildman–Crippen MR) is 58.0 cm³/mol. The molecule has 2 nitrogen and oxygen atoms in total. The Morgan fingerprint density at radius 2 is 2.07 bits per heavy atom. The van der Waals surface area contributed by atoms with Gasteiger partial charge < -0.3 is 10.7 Å². The Balaban J connectivity index is 2.11. The number of nitrogens with two attached hydrogens (primary N) is 1. The molecule has 0 bridgehead atoms. The minimum Gasteiger partial charge on any atom is -0.361 e. The van der Waals surface area contributed by atoms with Gasteiger partial charge in [0.05, 0.1) is 0 Å². The monoisotopic (exact) mass is 186 g/mol. The van der Waals surface area contributed by atoms with Crippen molar-refractivity contribution in [3.8, 4) is 0 Å². The maximum Gasteiger partial charge on any atom is 0.0457 e. The van der Waals surface area contributed by atoms with Gasteiger partial charge in [-0.3, -0.25) is 0 Å². The molecule has 1 heterocycles. The lowest BCUT2D eigenvalue weighted by molar-refractivity contribution is 0.638. The molecule has 1 aromatic heterocycles. The molecule has 3 N–H and O–H groups in total. The van der Waals surface area contributed by atoms with Crippen LogP contribution in [-0.4, -0.2) is 4.98 Å². The number of benzene rings is 1. The number of rotatable bonds is 2. The van der Waals surface area contributed by atoms with Gasteiger partial charge in [0.25, 0.3) is 0 Å². The van der Waals surface area contributed by atoms with Crippen LogP contribution in [0.25, 0.3) is 10.9 Å². The summed E-state index contributed by atoms with van der Waals surface area (Å²) < 4.78 is 0. The van der Waals surface area contributed by atoms with Crippen LogP contribution < -0.4 is 5.73 Å². The standard InChI is InChI=1S/C12H14N2/c13-12(8-5-6-8)10-7-14-11-4-2-1-3-9(10)11/h1-4,7-8,12,14H,5-6,13H2. The van der Waals surface area contributed by atoms with E-state index in [2.05, 4.69) is 29.4 Å². The Labute approximate surface area is 83.1 Å². The van der Waals surface area contributed by atoms with Crippen molar-refractivity contribution >= 4 is 10.9 Å². The SMILES string of the molecule is NC(c1c[nH]c2ccccc12)C1CC1. The summed E-state index contributed by atoms with van der Waals surface area (Å²) in [5.41, 5.74) is 8.66. The average molecular weight is 186 g/mol. The maximum atomic E-state index is 6.19. The molecule has 1 aliphatic carbocycles. The first-order valence-corrected chi connectivity index (χ1v) is 5.18. The van der Waals surface area contributed by atoms with E-state index in [-0.39, 0.29) is 6.04 Å². The minimum atomic E-state index is 0.228. The van der Waals surface area contributed by atoms with E-state index in [0.717, 1.165) is 0 Å². The molecule has 72 valence electrons. The fourth-order valence-electron chi connectivity index (χ4n) is 2.08. The number of fused-ring (bicyclic) bond motifs is 1. The fraction of sp³-hybridized carbons (Fsp3) is 0.333. The molecule has 0 saturated heterocycles. The van der Waals surface area contributed by atoms with E-state index in [1.54, 1.807) is 0 Å². The average Bonchev–Trinajstić information content (AvgIpc) is 2.97. The molecule has 0 aliphatic heterocycles. The summed E-state index contributed by atoms with van der Waals surface area (Å²) in [5.74, 6) is 0.717. The first-order valence-electron chi connectivity index (χ1n) is 5.18. The number of para-hydroxylation sites is 1. The largest absolute Gasteiger partial charge is 0.361 e. The van der Waals surface area contributed by atoms with Crippen LogP contribution in [0.15, 0.2) is 30.5 Å². The Hall–Kier alpha value is -1.28. The Kier molecular flexibility index (Phi) is 1.64. The van der Waals surface area contributed by atoms with E-state index in [1.165, 1.54) is 29.3 Å². The zero-order valence-electron chi connectivity index (χ0n) is 8.03. The smallest absolute Gasteiger partial charge is 0.0457 e. The summed E-state index contributed by atoms with van der Waals surface area (Å²) in [4.78, 5) is 3.27. The lowest BCUT2D eigenvalue weighted by Gasteiger charge is -2.08. The van der Waals surface area contributed by atoms with Crippen LogP contribution in [0.2, 0.25) is 0 Å². The van der Waals surface area contributed by atoms with Gasteiger partial charge in [-0.05, 0) is 30.4 Å². The van der Waals surface area contributed by atoms with Gasteiger partial charge in [0.1, 0.15) is 0 Å². The number of aromatic nitrogens is 1. The van der Waals surface area contributed by atoms with Crippen molar-refractivity contribution in [2.45, 2.75) is 18.9 Å². The highest BCUT2D eigenvalue weighted by Crippen LogP contribution is 2.41. The molecule has 2 aromatic rings. The van der Waals surface area contributed by atoms with Crippen LogP contribution in [0.3, 0.4) is 0 Å². The molecular weight excluding hydrogens is 172 g/mol. The predicted octanol–water partition coefficient (Wildman–Crippen LogP) is 2.58. The topological polar surface area (TPSA) is 41.8 Å². The maximum absolute atomic E-state index is 6.19. The molecule has 1 fully saturated rings. The molecule has 1 saturated carbocycles. The van der Waals surface area contributed by atoms with Gasteiger partial charge >= 0.3 is 0 Å². The molecule has 3 rings (SSSR count). The van der Waals surface area contributed by atoms with Gasteiger partial charge in [-0.2, -0.15) is 0 Å². The lowest BCUT2D eigenvalue weighted by Crippen LogP contribution is -2.11. The van der Waals surface area contributed by atoms with E-state index in [1.807, 2.05) is 6.07 Å². The van der Waals surface area contributed by atoms with Crippen LogP contribution in [0.5, 0.6) is 0 Å². The van der Waals surface area contributed by atoms with Crippen LogP contribution in [0, 0.1) is 5.92 Å². The summed E-state index contributed by atoms with van der Waals surface area (Å²) in [6.07, 6.45) is 4.65. The second-order valence-electron chi connectivity index (χ2n) is 4.15. The van der Waals surface area contributed by atoms with Gasteiger partial charge in [-0.25, -0.2) is 0 Å². The number of H-pyrrole nitrogens is 1. The summed E-state index contributed by atoms with van der Waals surface area (Å²) in [7, 11) is 0. The van der Waals surface area contributed by atoms with Gasteiger partial charge in [-0.1, -0.05) is 18.2 Å². The zero-order chi connectivity index (χ0) is 9.54. The van der Waals surface area contributed by atoms with E-state index in [9.17, 15) is 0 Å². The van der Waals surface area contributed by atoms with Crippen LogP contribution >= 0.6 is 0 Å². The van der Waals surface area contributed by atoms with Crippen LogP contribution in [0.4, 0.5) is 0 Å². The van der Waals surface area contributed by atoms with Crippen molar-refractivity contribution in [3.05, 3.63) is 36.0 Å². The summed E-state index contributed by atoms with van der Waals surface area (Å²) >= 11 is 0. The van der Waals surface area contributed by atoms with Gasteiger partial charge in [-0.15, -0.1) is 0 Å². The van der Waals surface area contributed by atoms with Gasteiger partial charge in [0, 0.05) is 23.1 Å². The zero-order valence-corrected chi connectivity index (χ0v) is 8.03. The summed E-state index contributed by atoms with van der Waals surface area (Å²) in [5, 5.41) is 1.28. The van der Waals surface area contributed by atoms with Crippen molar-refractivity contribution < 1.29 is 0 Å². The Morgan fingerprint density at radius 3 is 2.86 bits per heavy atom. The van der Waals surface area contributed by atoms with E-state index >= 15 is 0 Å². The molecule has 2 heteroatoms. The first-order chi connectivity index (χ1) is 6.86. The second kappa shape index (κ2) is 2.85. The van der Waals surface area contributed by atoms with Crippen molar-refractivity contribution in [1.82, 2.24) is 4.98 Å². The minimum absolute atomic E-state index is 0.228. The number of hydrogen-bond donors (Lipinski definition) is 2. The quantitative estimate of drug-likeness (QED) is 0.743. The fourth-order valence-corrected chi connectivity index (χ4v) is 2.08. The van der Waals surface area contributed by atoms with Crippen molar-refractivity contribution in [1.29, 1.82) is 0 Å². The molecule has 1 unspecified atom stereocenters. The summed E-state index contributed by atoms with van der Waals surface area (Å²) in [6.45, 7) is 0. The number of aromatic amines is 1. The Morgan fingerprint density at radius 1 is 1.29 bits per heavy atom. The van der Waals surface area contributed by atoms with E-state index in [4.69, 9.17) is 5.73 Å². The number of nitrogens with one attached hydrogen (secondary N) is 1. The van der Waals surface area contributed by atoms with Gasteiger partial charge in [0.2, 0.25) is 0 Å². The van der Waals surface area contributed by atoms with Crippen molar-refractivity contribution in [3.63, 3.8) is 0 Å². The lowest BCUT2D eigenvalue weighted by atomic mass is 10.0. The second-order valence-corrected chi connectivity index (χ2v) is 4.15. The normalized spacial score (nSPS) is 18.6. The van der Waals surface area contributed by atoms with Crippen LogP contribution in [-0.2, 0) is 0 Å². The van der Waals surface area contributed by atoms with Gasteiger partial charge in [0.15, 0.2) is 0 Å². The number of hydrogen-bond acceptors (Lipinski definition) is 1. The third-order valence-corrected chi connectivity index (χ3v) is 3.11. The highest BCUT2D eigenvalue weighted by molar-refractivity contribution is 5.83. The molecule has 1 atom stereocenters. The highest BCUT2D eigenvalue weighted by atomic mass is 14.7. The van der Waals surface area contributed by atoms with Crippen LogP contribution in [0.1, 0.15) is 24.4 Å². The molecule has 0 amide bonds. The third-order valence-electron chi connectivity index (χ3n) is 3.11. The molecule has 14 heavy (non-hydrogen) atoms. The van der Waals surface area contributed by atoms with Crippen molar-refractivity contribution in [2.75, 3.05) is 0 Å². The third kappa shape index (κ3) is 1.15. The molecule has 1 aliphatic rings. The molecule has 1 aromatic carbocycles. The van der Waals surface area contributed by atoms with Crippen molar-refractivity contribution in [2.24, 2.45) is 11.7 Å². The molecule has 0 radical (unpaired) electrons. The molecular formula is C12H14N2. The molecule has 0 spiro atoms. The van der Waals surface area contributed by atoms with E-state index in [0.29, 0.717) is 5.92 Å². The first kappa shape index (κ1) is 8.06. The highest BCUT2D eigenvalue weighted by Gasteiger charge is 2.30. The Bertz CT molecular complexity index is 454.